The zero-order valence-corrected chi connectivity index (χ0v) is 12.5. The molecule has 0 aliphatic heterocycles. The molecule has 6 heteroatoms. The minimum atomic E-state index is 0.390. The molecular formula is C14H19N5S. The summed E-state index contributed by atoms with van der Waals surface area (Å²) < 4.78 is 0. The van der Waals surface area contributed by atoms with E-state index in [9.17, 15) is 0 Å². The second kappa shape index (κ2) is 6.58. The van der Waals surface area contributed by atoms with Crippen LogP contribution in [0.1, 0.15) is 18.1 Å². The van der Waals surface area contributed by atoms with Gasteiger partial charge in [0.2, 0.25) is 0 Å². The maximum absolute atomic E-state index is 5.68. The number of hydrogen-bond donors (Lipinski definition) is 3. The predicted octanol–water partition coefficient (Wildman–Crippen LogP) is 2.21. The van der Waals surface area contributed by atoms with Gasteiger partial charge in [0.05, 0.1) is 0 Å². The van der Waals surface area contributed by atoms with Crippen LogP contribution in [-0.2, 0) is 6.54 Å². The summed E-state index contributed by atoms with van der Waals surface area (Å²) in [5.74, 6) is 0.780. The topological polar surface area (TPSA) is 89.8 Å². The number of hydrogen-bond acceptors (Lipinski definition) is 6. The Bertz CT molecular complexity index is 580. The minimum absolute atomic E-state index is 0.390. The molecule has 1 aromatic heterocycles. The van der Waals surface area contributed by atoms with Gasteiger partial charge in [-0.3, -0.25) is 0 Å². The van der Waals surface area contributed by atoms with Gasteiger partial charge in [-0.25, -0.2) is 9.97 Å². The normalized spacial score (nSPS) is 10.7. The van der Waals surface area contributed by atoms with E-state index in [1.54, 1.807) is 6.07 Å². The van der Waals surface area contributed by atoms with E-state index in [1.807, 2.05) is 0 Å². The van der Waals surface area contributed by atoms with Crippen LogP contribution in [0.15, 0.2) is 34.3 Å². The maximum Gasteiger partial charge on any atom is 0.196 e. The fourth-order valence-electron chi connectivity index (χ4n) is 1.81. The van der Waals surface area contributed by atoms with Crippen LogP contribution in [0.4, 0.5) is 11.6 Å². The van der Waals surface area contributed by atoms with Crippen LogP contribution >= 0.6 is 11.8 Å². The fraction of sp³-hybridized carbons (Fsp3) is 0.286. The Morgan fingerprint density at radius 2 is 1.85 bits per heavy atom. The number of nitrogens with zero attached hydrogens (tertiary/aromatic N) is 2. The van der Waals surface area contributed by atoms with Gasteiger partial charge in [0.1, 0.15) is 11.6 Å². The van der Waals surface area contributed by atoms with Crippen molar-refractivity contribution in [2.75, 3.05) is 18.0 Å². The van der Waals surface area contributed by atoms with E-state index in [4.69, 9.17) is 11.5 Å². The SMILES string of the molecule is CCNCc1ccc(Sc2nc(N)cc(N)n2)c(C)c1. The molecule has 20 heavy (non-hydrogen) atoms. The first-order valence-electron chi connectivity index (χ1n) is 6.46. The Morgan fingerprint density at radius 3 is 2.45 bits per heavy atom. The molecule has 0 atom stereocenters. The third kappa shape index (κ3) is 3.85. The lowest BCUT2D eigenvalue weighted by Crippen LogP contribution is -2.11. The highest BCUT2D eigenvalue weighted by Gasteiger charge is 2.06. The van der Waals surface area contributed by atoms with Crippen molar-refractivity contribution < 1.29 is 0 Å². The summed E-state index contributed by atoms with van der Waals surface area (Å²) in [5.41, 5.74) is 13.8. The van der Waals surface area contributed by atoms with Gasteiger partial charge in [-0.15, -0.1) is 0 Å². The lowest BCUT2D eigenvalue weighted by atomic mass is 10.1. The van der Waals surface area contributed by atoms with Gasteiger partial charge in [-0.1, -0.05) is 19.1 Å². The molecule has 2 rings (SSSR count). The van der Waals surface area contributed by atoms with Crippen LogP contribution < -0.4 is 16.8 Å². The molecular weight excluding hydrogens is 270 g/mol. The molecule has 0 saturated carbocycles. The Kier molecular flexibility index (Phi) is 4.81. The summed E-state index contributed by atoms with van der Waals surface area (Å²) in [7, 11) is 0. The van der Waals surface area contributed by atoms with Gasteiger partial charge in [0.15, 0.2) is 5.16 Å². The molecule has 0 amide bonds. The molecule has 1 aromatic carbocycles. The molecule has 0 bridgehead atoms. The van der Waals surface area contributed by atoms with E-state index in [-0.39, 0.29) is 0 Å². The first kappa shape index (κ1) is 14.6. The molecule has 0 saturated heterocycles. The van der Waals surface area contributed by atoms with Crippen LogP contribution in [0.3, 0.4) is 0 Å². The Labute approximate surface area is 123 Å². The van der Waals surface area contributed by atoms with Gasteiger partial charge in [-0.2, -0.15) is 0 Å². The zero-order valence-electron chi connectivity index (χ0n) is 11.7. The standard InChI is InChI=1S/C14H19N5S/c1-3-17-8-10-4-5-11(9(2)6-10)20-14-18-12(15)7-13(16)19-14/h4-7,17H,3,8H2,1-2H3,(H4,15,16,18,19). The third-order valence-electron chi connectivity index (χ3n) is 2.76. The van der Waals surface area contributed by atoms with Crippen molar-refractivity contribution in [1.82, 2.24) is 15.3 Å². The molecule has 5 nitrogen and oxygen atoms in total. The molecule has 1 heterocycles. The number of benzene rings is 1. The monoisotopic (exact) mass is 289 g/mol. The first-order valence-corrected chi connectivity index (χ1v) is 7.28. The Hall–Kier alpha value is -1.79. The van der Waals surface area contributed by atoms with Crippen molar-refractivity contribution in [3.63, 3.8) is 0 Å². The Morgan fingerprint density at radius 1 is 1.15 bits per heavy atom. The highest BCUT2D eigenvalue weighted by atomic mass is 32.2. The van der Waals surface area contributed by atoms with Crippen LogP contribution in [0.2, 0.25) is 0 Å². The van der Waals surface area contributed by atoms with Crippen molar-refractivity contribution in [3.05, 3.63) is 35.4 Å². The third-order valence-corrected chi connectivity index (χ3v) is 3.81. The maximum atomic E-state index is 5.68. The number of aromatic nitrogens is 2. The second-order valence-corrected chi connectivity index (χ2v) is 5.49. The predicted molar refractivity (Wildman–Crippen MR) is 83.5 cm³/mol. The summed E-state index contributed by atoms with van der Waals surface area (Å²) in [6, 6.07) is 7.90. The average molecular weight is 289 g/mol. The number of aryl methyl sites for hydroxylation is 1. The second-order valence-electron chi connectivity index (χ2n) is 4.48. The van der Waals surface area contributed by atoms with Crippen LogP contribution in [0, 0.1) is 6.92 Å². The summed E-state index contributed by atoms with van der Waals surface area (Å²) >= 11 is 1.47. The number of nitrogens with one attached hydrogen (secondary N) is 1. The van der Waals surface area contributed by atoms with Crippen LogP contribution in [0.25, 0.3) is 0 Å². The number of rotatable bonds is 5. The van der Waals surface area contributed by atoms with E-state index < -0.39 is 0 Å². The van der Waals surface area contributed by atoms with Gasteiger partial charge in [0.25, 0.3) is 0 Å². The van der Waals surface area contributed by atoms with Crippen molar-refractivity contribution >= 4 is 23.4 Å². The van der Waals surface area contributed by atoms with Gasteiger partial charge in [0, 0.05) is 17.5 Å². The van der Waals surface area contributed by atoms with Crippen molar-refractivity contribution in [1.29, 1.82) is 0 Å². The van der Waals surface area contributed by atoms with E-state index >= 15 is 0 Å². The molecule has 0 unspecified atom stereocenters. The van der Waals surface area contributed by atoms with Crippen molar-refractivity contribution in [2.24, 2.45) is 0 Å². The number of anilines is 2. The Balaban J connectivity index is 2.16. The number of nitrogens with two attached hydrogens (primary N) is 2. The lowest BCUT2D eigenvalue weighted by molar-refractivity contribution is 0.726. The quantitative estimate of drug-likeness (QED) is 0.731. The van der Waals surface area contributed by atoms with E-state index in [0.29, 0.717) is 16.8 Å². The molecule has 5 N–H and O–H groups in total. The van der Waals surface area contributed by atoms with E-state index in [0.717, 1.165) is 18.0 Å². The largest absolute Gasteiger partial charge is 0.383 e. The zero-order chi connectivity index (χ0) is 14.5. The minimum Gasteiger partial charge on any atom is -0.383 e. The molecule has 0 radical (unpaired) electrons. The average Bonchev–Trinajstić information content (AvgIpc) is 2.38. The molecule has 0 fully saturated rings. The van der Waals surface area contributed by atoms with Crippen molar-refractivity contribution in [2.45, 2.75) is 30.4 Å². The van der Waals surface area contributed by atoms with Gasteiger partial charge in [-0.05, 0) is 42.4 Å². The smallest absolute Gasteiger partial charge is 0.196 e. The number of nitrogen functional groups attached to an aromatic ring is 2. The van der Waals surface area contributed by atoms with E-state index in [1.165, 1.54) is 22.9 Å². The van der Waals surface area contributed by atoms with Crippen LogP contribution in [-0.4, -0.2) is 16.5 Å². The highest BCUT2D eigenvalue weighted by molar-refractivity contribution is 7.99. The first-order chi connectivity index (χ1) is 9.58. The van der Waals surface area contributed by atoms with Crippen molar-refractivity contribution in [3.8, 4) is 0 Å². The van der Waals surface area contributed by atoms with Gasteiger partial charge < -0.3 is 16.8 Å². The molecule has 0 aliphatic carbocycles. The van der Waals surface area contributed by atoms with E-state index in [2.05, 4.69) is 47.3 Å². The summed E-state index contributed by atoms with van der Waals surface area (Å²) in [6.45, 7) is 6.02. The van der Waals surface area contributed by atoms with Crippen LogP contribution in [0.5, 0.6) is 0 Å². The molecule has 2 aromatic rings. The summed E-state index contributed by atoms with van der Waals surface area (Å²) in [4.78, 5) is 9.47. The highest BCUT2D eigenvalue weighted by Crippen LogP contribution is 2.29. The molecule has 0 spiro atoms. The summed E-state index contributed by atoms with van der Waals surface area (Å²) in [5, 5.41) is 3.89. The molecule has 106 valence electrons. The fourth-order valence-corrected chi connectivity index (χ4v) is 2.67. The lowest BCUT2D eigenvalue weighted by Gasteiger charge is -2.08. The molecule has 0 aliphatic rings. The summed E-state index contributed by atoms with van der Waals surface area (Å²) in [6.07, 6.45) is 0. The van der Waals surface area contributed by atoms with Gasteiger partial charge >= 0.3 is 0 Å².